The van der Waals surface area contributed by atoms with E-state index in [1.54, 1.807) is 11.8 Å². The minimum Gasteiger partial charge on any atom is -0.465 e. The zero-order valence-corrected chi connectivity index (χ0v) is 19.8. The molecule has 0 fully saturated rings. The fourth-order valence-electron chi connectivity index (χ4n) is 4.16. The van der Waals surface area contributed by atoms with E-state index >= 15 is 0 Å². The van der Waals surface area contributed by atoms with Crippen LogP contribution in [-0.4, -0.2) is 54.2 Å². The zero-order chi connectivity index (χ0) is 23.9. The van der Waals surface area contributed by atoms with Gasteiger partial charge in [-0.15, -0.1) is 11.8 Å². The second kappa shape index (κ2) is 11.1. The summed E-state index contributed by atoms with van der Waals surface area (Å²) in [5, 5.41) is 12.1. The average molecular weight is 477 g/mol. The second-order valence-electron chi connectivity index (χ2n) is 8.28. The third-order valence-electron chi connectivity index (χ3n) is 6.00. The number of benzene rings is 3. The summed E-state index contributed by atoms with van der Waals surface area (Å²) in [5.74, 6) is 0.607. The Morgan fingerprint density at radius 3 is 2.18 bits per heavy atom. The summed E-state index contributed by atoms with van der Waals surface area (Å²) in [6, 6.07) is 26.1. The molecule has 0 unspecified atom stereocenters. The first kappa shape index (κ1) is 23.7. The summed E-state index contributed by atoms with van der Waals surface area (Å²) < 4.78 is 5.69. The Morgan fingerprint density at radius 2 is 1.56 bits per heavy atom. The molecule has 0 radical (unpaired) electrons. The summed E-state index contributed by atoms with van der Waals surface area (Å²) in [7, 11) is 1.52. The monoisotopic (exact) mass is 476 g/mol. The van der Waals surface area contributed by atoms with Gasteiger partial charge in [0.2, 0.25) is 0 Å². The number of amides is 2. The van der Waals surface area contributed by atoms with Crippen LogP contribution in [0.4, 0.5) is 9.59 Å². The maximum atomic E-state index is 12.8. The van der Waals surface area contributed by atoms with Crippen LogP contribution >= 0.6 is 11.8 Å². The van der Waals surface area contributed by atoms with Crippen LogP contribution in [0.1, 0.15) is 23.5 Å². The summed E-state index contributed by atoms with van der Waals surface area (Å²) in [6.07, 6.45) is -0.985. The van der Waals surface area contributed by atoms with Crippen molar-refractivity contribution in [2.45, 2.75) is 23.3 Å². The standard InChI is InChI=1S/C27H28N2O4S/c1-29(27(31)32)16-15-19(18-34-20-9-3-2-4-10-20)28-26(30)33-17-25-23-13-7-5-11-21(23)22-12-6-8-14-24(22)25/h2-14,19,25H,15-18H2,1H3,(H,28,30)(H,31,32)/t19-/m1/s1. The molecule has 6 nitrogen and oxygen atoms in total. The summed E-state index contributed by atoms with van der Waals surface area (Å²) in [4.78, 5) is 26.2. The Bertz CT molecular complexity index is 1090. The molecule has 1 aliphatic rings. The van der Waals surface area contributed by atoms with E-state index in [-0.39, 0.29) is 18.6 Å². The number of hydrogen-bond donors (Lipinski definition) is 2. The highest BCUT2D eigenvalue weighted by Gasteiger charge is 2.29. The Labute approximate surface area is 203 Å². The first-order valence-electron chi connectivity index (χ1n) is 11.3. The van der Waals surface area contributed by atoms with Crippen LogP contribution in [0.2, 0.25) is 0 Å². The molecule has 3 aromatic carbocycles. The lowest BCUT2D eigenvalue weighted by molar-refractivity contribution is 0.137. The number of carboxylic acid groups (broad SMARTS) is 1. The molecular weight excluding hydrogens is 448 g/mol. The highest BCUT2D eigenvalue weighted by Crippen LogP contribution is 2.44. The Morgan fingerprint density at radius 1 is 0.971 bits per heavy atom. The van der Waals surface area contributed by atoms with Gasteiger partial charge in [-0.3, -0.25) is 0 Å². The minimum absolute atomic E-state index is 0.00608. The van der Waals surface area contributed by atoms with E-state index in [0.29, 0.717) is 18.7 Å². The average Bonchev–Trinajstić information content (AvgIpc) is 3.18. The number of thioether (sulfide) groups is 1. The number of carbonyl (C=O) groups excluding carboxylic acids is 1. The minimum atomic E-state index is -0.990. The van der Waals surface area contributed by atoms with Crippen molar-refractivity contribution in [2.75, 3.05) is 26.0 Å². The Kier molecular flexibility index (Phi) is 7.75. The van der Waals surface area contributed by atoms with E-state index in [2.05, 4.69) is 29.6 Å². The molecule has 2 amide bonds. The van der Waals surface area contributed by atoms with Crippen LogP contribution in [-0.2, 0) is 4.74 Å². The maximum absolute atomic E-state index is 12.8. The molecule has 0 heterocycles. The van der Waals surface area contributed by atoms with Crippen LogP contribution in [0, 0.1) is 0 Å². The lowest BCUT2D eigenvalue weighted by Crippen LogP contribution is -2.40. The molecule has 0 spiro atoms. The van der Waals surface area contributed by atoms with Gasteiger partial charge in [-0.25, -0.2) is 9.59 Å². The summed E-state index contributed by atoms with van der Waals surface area (Å²) in [5.41, 5.74) is 4.69. The molecule has 0 saturated heterocycles. The van der Waals surface area contributed by atoms with Crippen molar-refractivity contribution in [1.82, 2.24) is 10.2 Å². The fourth-order valence-corrected chi connectivity index (χ4v) is 5.16. The molecule has 2 N–H and O–H groups in total. The zero-order valence-electron chi connectivity index (χ0n) is 19.0. The maximum Gasteiger partial charge on any atom is 0.407 e. The van der Waals surface area contributed by atoms with Crippen molar-refractivity contribution < 1.29 is 19.4 Å². The predicted octanol–water partition coefficient (Wildman–Crippen LogP) is 5.69. The number of carbonyl (C=O) groups is 2. The number of nitrogens with one attached hydrogen (secondary N) is 1. The number of alkyl carbamates (subject to hydrolysis) is 1. The van der Waals surface area contributed by atoms with Gasteiger partial charge in [0.25, 0.3) is 0 Å². The van der Waals surface area contributed by atoms with Gasteiger partial charge in [0.15, 0.2) is 0 Å². The van der Waals surface area contributed by atoms with E-state index in [0.717, 1.165) is 16.0 Å². The largest absolute Gasteiger partial charge is 0.465 e. The van der Waals surface area contributed by atoms with Crippen molar-refractivity contribution >= 4 is 23.9 Å². The van der Waals surface area contributed by atoms with Crippen LogP contribution in [0.25, 0.3) is 11.1 Å². The first-order valence-corrected chi connectivity index (χ1v) is 12.2. The van der Waals surface area contributed by atoms with Gasteiger partial charge in [0, 0.05) is 36.2 Å². The van der Waals surface area contributed by atoms with E-state index in [4.69, 9.17) is 9.84 Å². The number of ether oxygens (including phenoxy) is 1. The van der Waals surface area contributed by atoms with E-state index in [1.165, 1.54) is 23.1 Å². The predicted molar refractivity (Wildman–Crippen MR) is 134 cm³/mol. The number of hydrogen-bond acceptors (Lipinski definition) is 4. The molecule has 7 heteroatoms. The van der Waals surface area contributed by atoms with E-state index < -0.39 is 12.2 Å². The summed E-state index contributed by atoms with van der Waals surface area (Å²) in [6.45, 7) is 0.562. The second-order valence-corrected chi connectivity index (χ2v) is 9.38. The highest BCUT2D eigenvalue weighted by atomic mass is 32.2. The Balaban J connectivity index is 1.38. The molecule has 0 aliphatic heterocycles. The topological polar surface area (TPSA) is 78.9 Å². The fraction of sp³-hybridized carbons (Fsp3) is 0.259. The molecule has 0 bridgehead atoms. The van der Waals surface area contributed by atoms with Gasteiger partial charge < -0.3 is 20.1 Å². The lowest BCUT2D eigenvalue weighted by atomic mass is 9.98. The normalized spacial score (nSPS) is 13.0. The molecule has 34 heavy (non-hydrogen) atoms. The highest BCUT2D eigenvalue weighted by molar-refractivity contribution is 7.99. The van der Waals surface area contributed by atoms with Crippen molar-refractivity contribution in [3.05, 3.63) is 90.0 Å². The lowest BCUT2D eigenvalue weighted by Gasteiger charge is -2.22. The van der Waals surface area contributed by atoms with Gasteiger partial charge in [0.1, 0.15) is 6.61 Å². The third kappa shape index (κ3) is 5.72. The molecule has 3 aromatic rings. The summed E-state index contributed by atoms with van der Waals surface area (Å²) >= 11 is 1.62. The first-order chi connectivity index (χ1) is 16.5. The van der Waals surface area contributed by atoms with Crippen LogP contribution in [0.5, 0.6) is 0 Å². The van der Waals surface area contributed by atoms with Gasteiger partial charge in [-0.1, -0.05) is 66.7 Å². The molecule has 1 atom stereocenters. The van der Waals surface area contributed by atoms with Gasteiger partial charge in [-0.2, -0.15) is 0 Å². The SMILES string of the molecule is CN(CC[C@H](CSc1ccccc1)NC(=O)OCC1c2ccccc2-c2ccccc21)C(=O)O. The van der Waals surface area contributed by atoms with Gasteiger partial charge in [0.05, 0.1) is 0 Å². The van der Waals surface area contributed by atoms with Crippen LogP contribution < -0.4 is 5.32 Å². The molecule has 1 aliphatic carbocycles. The van der Waals surface area contributed by atoms with Crippen LogP contribution in [0.15, 0.2) is 83.8 Å². The van der Waals surface area contributed by atoms with Crippen molar-refractivity contribution in [3.8, 4) is 11.1 Å². The number of nitrogens with zero attached hydrogens (tertiary/aromatic N) is 1. The van der Waals surface area contributed by atoms with Gasteiger partial charge in [-0.05, 0) is 40.8 Å². The van der Waals surface area contributed by atoms with E-state index in [9.17, 15) is 9.59 Å². The van der Waals surface area contributed by atoms with Crippen LogP contribution in [0.3, 0.4) is 0 Å². The van der Waals surface area contributed by atoms with Crippen molar-refractivity contribution in [1.29, 1.82) is 0 Å². The Hall–Kier alpha value is -3.45. The molecule has 176 valence electrons. The quantitative estimate of drug-likeness (QED) is 0.388. The van der Waals surface area contributed by atoms with Gasteiger partial charge >= 0.3 is 12.2 Å². The number of rotatable bonds is 9. The molecule has 4 rings (SSSR count). The van der Waals surface area contributed by atoms with E-state index in [1.807, 2.05) is 54.6 Å². The molecule has 0 saturated carbocycles. The number of fused-ring (bicyclic) bond motifs is 3. The third-order valence-corrected chi connectivity index (χ3v) is 7.17. The molecule has 0 aromatic heterocycles. The molecular formula is C27H28N2O4S. The smallest absolute Gasteiger partial charge is 0.407 e. The van der Waals surface area contributed by atoms with Crippen molar-refractivity contribution in [2.24, 2.45) is 0 Å². The van der Waals surface area contributed by atoms with Crippen molar-refractivity contribution in [3.63, 3.8) is 0 Å².